The lowest BCUT2D eigenvalue weighted by Gasteiger charge is -2.22. The highest BCUT2D eigenvalue weighted by Crippen LogP contribution is 2.21. The SMILES string of the molecule is CC1(O)CCCN(C(=O)c2c[nH]ccc2=O)CC1. The number of likely N-dealkylation sites (tertiary alicyclic amines) is 1. The van der Waals surface area contributed by atoms with Crippen LogP contribution >= 0.6 is 0 Å². The first-order chi connectivity index (χ1) is 8.49. The lowest BCUT2D eigenvalue weighted by molar-refractivity contribution is 0.0437. The van der Waals surface area contributed by atoms with Gasteiger partial charge in [0, 0.05) is 31.5 Å². The Labute approximate surface area is 105 Å². The van der Waals surface area contributed by atoms with Gasteiger partial charge in [0.15, 0.2) is 5.43 Å². The summed E-state index contributed by atoms with van der Waals surface area (Å²) in [6, 6.07) is 1.35. The summed E-state index contributed by atoms with van der Waals surface area (Å²) < 4.78 is 0. The molecule has 1 aliphatic rings. The van der Waals surface area contributed by atoms with E-state index in [9.17, 15) is 14.7 Å². The van der Waals surface area contributed by atoms with Crippen LogP contribution < -0.4 is 5.43 Å². The number of aromatic nitrogens is 1. The number of pyridine rings is 1. The van der Waals surface area contributed by atoms with Crippen LogP contribution in [0.25, 0.3) is 0 Å². The van der Waals surface area contributed by atoms with Gasteiger partial charge >= 0.3 is 0 Å². The van der Waals surface area contributed by atoms with Crippen LogP contribution in [0.1, 0.15) is 36.5 Å². The Hall–Kier alpha value is -1.62. The highest BCUT2D eigenvalue weighted by molar-refractivity contribution is 5.93. The van der Waals surface area contributed by atoms with Crippen LogP contribution in [-0.4, -0.2) is 39.6 Å². The molecule has 0 aliphatic carbocycles. The van der Waals surface area contributed by atoms with E-state index in [-0.39, 0.29) is 16.9 Å². The quantitative estimate of drug-likeness (QED) is 0.772. The van der Waals surface area contributed by atoms with Gasteiger partial charge in [-0.25, -0.2) is 0 Å². The van der Waals surface area contributed by atoms with Crippen molar-refractivity contribution >= 4 is 5.91 Å². The van der Waals surface area contributed by atoms with Crippen LogP contribution in [0.3, 0.4) is 0 Å². The van der Waals surface area contributed by atoms with Gasteiger partial charge in [-0.15, -0.1) is 0 Å². The molecule has 1 aromatic heterocycles. The number of carbonyl (C=O) groups is 1. The molecule has 0 aromatic carbocycles. The largest absolute Gasteiger partial charge is 0.390 e. The summed E-state index contributed by atoms with van der Waals surface area (Å²) in [5.41, 5.74) is -0.813. The molecule has 1 aliphatic heterocycles. The standard InChI is InChI=1S/C13H18N2O3/c1-13(18)4-2-7-15(8-5-13)12(17)10-9-14-6-3-11(10)16/h3,6,9,18H,2,4-5,7-8H2,1H3,(H,14,16). The number of hydrogen-bond acceptors (Lipinski definition) is 3. The minimum Gasteiger partial charge on any atom is -0.390 e. The maximum atomic E-state index is 12.2. The Morgan fingerprint density at radius 2 is 2.22 bits per heavy atom. The van der Waals surface area contributed by atoms with Gasteiger partial charge in [-0.2, -0.15) is 0 Å². The number of H-pyrrole nitrogens is 1. The Balaban J connectivity index is 2.15. The molecule has 5 heteroatoms. The van der Waals surface area contributed by atoms with E-state index >= 15 is 0 Å². The van der Waals surface area contributed by atoms with Crippen molar-refractivity contribution in [1.82, 2.24) is 9.88 Å². The number of aliphatic hydroxyl groups is 1. The average Bonchev–Trinajstić information content (AvgIpc) is 2.50. The van der Waals surface area contributed by atoms with Gasteiger partial charge in [0.05, 0.1) is 5.60 Å². The average molecular weight is 250 g/mol. The second-order valence-corrected chi connectivity index (χ2v) is 5.06. The fraction of sp³-hybridized carbons (Fsp3) is 0.538. The molecule has 1 amide bonds. The first-order valence-corrected chi connectivity index (χ1v) is 6.18. The summed E-state index contributed by atoms with van der Waals surface area (Å²) in [6.45, 7) is 2.86. The molecular formula is C13H18N2O3. The fourth-order valence-corrected chi connectivity index (χ4v) is 2.22. The molecule has 98 valence electrons. The maximum Gasteiger partial charge on any atom is 0.259 e. The Bertz CT molecular complexity index is 493. The third-order valence-corrected chi connectivity index (χ3v) is 3.41. The summed E-state index contributed by atoms with van der Waals surface area (Å²) in [6.07, 6.45) is 4.93. The second-order valence-electron chi connectivity index (χ2n) is 5.06. The van der Waals surface area contributed by atoms with E-state index in [1.54, 1.807) is 11.8 Å². The van der Waals surface area contributed by atoms with Crippen LogP contribution in [0, 0.1) is 0 Å². The molecule has 0 radical (unpaired) electrons. The Kier molecular flexibility index (Phi) is 3.52. The highest BCUT2D eigenvalue weighted by Gasteiger charge is 2.28. The minimum atomic E-state index is -0.710. The monoisotopic (exact) mass is 250 g/mol. The summed E-state index contributed by atoms with van der Waals surface area (Å²) in [5.74, 6) is -0.255. The van der Waals surface area contributed by atoms with Crippen molar-refractivity contribution in [2.75, 3.05) is 13.1 Å². The molecule has 2 heterocycles. The van der Waals surface area contributed by atoms with E-state index in [2.05, 4.69) is 4.98 Å². The first kappa shape index (κ1) is 12.8. The Morgan fingerprint density at radius 3 is 2.94 bits per heavy atom. The van der Waals surface area contributed by atoms with Crippen LogP contribution in [-0.2, 0) is 0 Å². The van der Waals surface area contributed by atoms with E-state index < -0.39 is 5.60 Å². The highest BCUT2D eigenvalue weighted by atomic mass is 16.3. The number of hydrogen-bond donors (Lipinski definition) is 2. The van der Waals surface area contributed by atoms with Crippen molar-refractivity contribution < 1.29 is 9.90 Å². The normalized spacial score (nSPS) is 24.7. The van der Waals surface area contributed by atoms with Gasteiger partial charge in [-0.05, 0) is 26.2 Å². The lowest BCUT2D eigenvalue weighted by Crippen LogP contribution is -2.36. The molecule has 5 nitrogen and oxygen atoms in total. The van der Waals surface area contributed by atoms with Crippen molar-refractivity contribution in [3.05, 3.63) is 34.2 Å². The van der Waals surface area contributed by atoms with Gasteiger partial charge in [0.2, 0.25) is 0 Å². The molecule has 18 heavy (non-hydrogen) atoms. The van der Waals surface area contributed by atoms with Crippen LogP contribution in [0.5, 0.6) is 0 Å². The predicted molar refractivity (Wildman–Crippen MR) is 67.4 cm³/mol. The zero-order valence-corrected chi connectivity index (χ0v) is 10.5. The first-order valence-electron chi connectivity index (χ1n) is 6.18. The number of carbonyl (C=O) groups excluding carboxylic acids is 1. The molecule has 1 unspecified atom stereocenters. The van der Waals surface area contributed by atoms with Gasteiger partial charge < -0.3 is 15.0 Å². The van der Waals surface area contributed by atoms with Gasteiger partial charge in [0.1, 0.15) is 5.56 Å². The zero-order chi connectivity index (χ0) is 13.2. The van der Waals surface area contributed by atoms with Gasteiger partial charge in [-0.3, -0.25) is 9.59 Å². The molecular weight excluding hydrogens is 232 g/mol. The van der Waals surface area contributed by atoms with Crippen LogP contribution in [0.15, 0.2) is 23.3 Å². The lowest BCUT2D eigenvalue weighted by atomic mass is 9.98. The molecule has 2 rings (SSSR count). The molecule has 1 aromatic rings. The minimum absolute atomic E-state index is 0.166. The van der Waals surface area contributed by atoms with Crippen molar-refractivity contribution in [2.45, 2.75) is 31.8 Å². The molecule has 2 N–H and O–H groups in total. The van der Waals surface area contributed by atoms with E-state index in [0.717, 1.165) is 6.42 Å². The summed E-state index contributed by atoms with van der Waals surface area (Å²) in [5, 5.41) is 9.97. The summed E-state index contributed by atoms with van der Waals surface area (Å²) >= 11 is 0. The van der Waals surface area contributed by atoms with Gasteiger partial charge in [-0.1, -0.05) is 0 Å². The maximum absolute atomic E-state index is 12.2. The fourth-order valence-electron chi connectivity index (χ4n) is 2.22. The van der Waals surface area contributed by atoms with Crippen LogP contribution in [0.2, 0.25) is 0 Å². The number of amides is 1. The van der Waals surface area contributed by atoms with E-state index in [0.29, 0.717) is 25.9 Å². The number of rotatable bonds is 1. The molecule has 1 atom stereocenters. The third-order valence-electron chi connectivity index (χ3n) is 3.41. The van der Waals surface area contributed by atoms with Crippen molar-refractivity contribution in [3.63, 3.8) is 0 Å². The van der Waals surface area contributed by atoms with Crippen molar-refractivity contribution in [1.29, 1.82) is 0 Å². The summed E-state index contributed by atoms with van der Waals surface area (Å²) in [7, 11) is 0. The second kappa shape index (κ2) is 4.94. The number of aromatic amines is 1. The van der Waals surface area contributed by atoms with E-state index in [1.165, 1.54) is 18.5 Å². The van der Waals surface area contributed by atoms with E-state index in [4.69, 9.17) is 0 Å². The zero-order valence-electron chi connectivity index (χ0n) is 10.5. The molecule has 0 saturated carbocycles. The molecule has 1 saturated heterocycles. The van der Waals surface area contributed by atoms with Crippen molar-refractivity contribution in [3.8, 4) is 0 Å². The molecule has 0 spiro atoms. The van der Waals surface area contributed by atoms with Gasteiger partial charge in [0.25, 0.3) is 5.91 Å². The molecule has 0 bridgehead atoms. The number of nitrogens with zero attached hydrogens (tertiary/aromatic N) is 1. The third kappa shape index (κ3) is 2.79. The summed E-state index contributed by atoms with van der Waals surface area (Å²) in [4.78, 5) is 28.2. The van der Waals surface area contributed by atoms with Crippen molar-refractivity contribution in [2.24, 2.45) is 0 Å². The molecule has 1 fully saturated rings. The smallest absolute Gasteiger partial charge is 0.259 e. The topological polar surface area (TPSA) is 73.4 Å². The van der Waals surface area contributed by atoms with E-state index in [1.807, 2.05) is 0 Å². The number of nitrogens with one attached hydrogen (secondary N) is 1. The van der Waals surface area contributed by atoms with Crippen LogP contribution in [0.4, 0.5) is 0 Å². The Morgan fingerprint density at radius 1 is 1.44 bits per heavy atom. The predicted octanol–water partition coefficient (Wildman–Crippen LogP) is 0.752.